The monoisotopic (exact) mass is 391 g/mol. The fraction of sp³-hybridized carbons (Fsp3) is 0.188. The number of halogens is 1. The Hall–Kier alpha value is -2.65. The first-order valence-electron chi connectivity index (χ1n) is 7.36. The largest absolute Gasteiger partial charge is 0.549 e. The van der Waals surface area contributed by atoms with Crippen molar-refractivity contribution in [1.29, 1.82) is 0 Å². The van der Waals surface area contributed by atoms with Crippen molar-refractivity contribution in [3.8, 4) is 11.4 Å². The Morgan fingerprint density at radius 1 is 1.15 bits per heavy atom. The molecule has 2 aromatic heterocycles. The van der Waals surface area contributed by atoms with Crippen LogP contribution in [0.1, 0.15) is 0 Å². The number of benzene rings is 1. The molecule has 0 spiro atoms. The molecule has 2 heterocycles. The van der Waals surface area contributed by atoms with Gasteiger partial charge in [-0.25, -0.2) is 14.8 Å². The number of hydrogen-bond acceptors (Lipinski definition) is 7. The molecule has 0 saturated carbocycles. The van der Waals surface area contributed by atoms with E-state index in [0.29, 0.717) is 10.6 Å². The fourth-order valence-corrected chi connectivity index (χ4v) is 3.24. The molecule has 134 valence electrons. The van der Waals surface area contributed by atoms with Gasteiger partial charge in [0, 0.05) is 30.4 Å². The lowest BCUT2D eigenvalue weighted by Crippen LogP contribution is -2.37. The third kappa shape index (κ3) is 3.23. The van der Waals surface area contributed by atoms with E-state index in [1.807, 2.05) is 0 Å². The maximum atomic E-state index is 12.5. The predicted molar refractivity (Wildman–Crippen MR) is 96.2 cm³/mol. The standard InChI is InChI=1S/C16H13ClN4O4S/c1-20-13-11(15(24)21(2)16(20)25)14(26-7-10(22)23)19-12(18-13)8-3-5-9(17)6-4-8/h3-6H,7H2,1-2H3,(H,22,23)/p-1. The molecule has 0 atom stereocenters. The minimum atomic E-state index is -1.29. The lowest BCUT2D eigenvalue weighted by molar-refractivity contribution is -0.301. The average molecular weight is 392 g/mol. The van der Waals surface area contributed by atoms with Crippen LogP contribution in [0, 0.1) is 0 Å². The Bertz CT molecular complexity index is 1140. The van der Waals surface area contributed by atoms with Gasteiger partial charge in [0.2, 0.25) is 0 Å². The highest BCUT2D eigenvalue weighted by atomic mass is 35.5. The highest BCUT2D eigenvalue weighted by Gasteiger charge is 2.18. The molecule has 0 amide bonds. The number of carboxylic acid groups (broad SMARTS) is 1. The lowest BCUT2D eigenvalue weighted by atomic mass is 10.2. The molecule has 3 aromatic rings. The highest BCUT2D eigenvalue weighted by Crippen LogP contribution is 2.26. The van der Waals surface area contributed by atoms with Crippen LogP contribution in [0.4, 0.5) is 0 Å². The van der Waals surface area contributed by atoms with Crippen LogP contribution >= 0.6 is 23.4 Å². The summed E-state index contributed by atoms with van der Waals surface area (Å²) in [6, 6.07) is 6.69. The zero-order valence-corrected chi connectivity index (χ0v) is 15.3. The molecular formula is C16H12ClN4O4S-. The van der Waals surface area contributed by atoms with E-state index in [0.717, 1.165) is 16.3 Å². The number of nitrogens with zero attached hydrogens (tertiary/aromatic N) is 4. The summed E-state index contributed by atoms with van der Waals surface area (Å²) in [4.78, 5) is 44.3. The maximum absolute atomic E-state index is 12.5. The van der Waals surface area contributed by atoms with Gasteiger partial charge < -0.3 is 9.90 Å². The molecule has 26 heavy (non-hydrogen) atoms. The summed E-state index contributed by atoms with van der Waals surface area (Å²) in [5.41, 5.74) is -0.399. The van der Waals surface area contributed by atoms with Crippen LogP contribution in [0.3, 0.4) is 0 Å². The number of thioether (sulfide) groups is 1. The SMILES string of the molecule is Cn1c(=O)c2c(SCC(=O)[O-])nc(-c3ccc(Cl)cc3)nc2n(C)c1=O. The summed E-state index contributed by atoms with van der Waals surface area (Å²) < 4.78 is 2.15. The van der Waals surface area contributed by atoms with Crippen molar-refractivity contribution in [2.45, 2.75) is 5.03 Å². The quantitative estimate of drug-likeness (QED) is 0.461. The van der Waals surface area contributed by atoms with E-state index in [1.54, 1.807) is 24.3 Å². The Kier molecular flexibility index (Phi) is 4.84. The first kappa shape index (κ1) is 18.2. The minimum Gasteiger partial charge on any atom is -0.549 e. The summed E-state index contributed by atoms with van der Waals surface area (Å²) >= 11 is 6.73. The van der Waals surface area contributed by atoms with E-state index in [2.05, 4.69) is 9.97 Å². The summed E-state index contributed by atoms with van der Waals surface area (Å²) in [6.45, 7) is 0. The second-order valence-corrected chi connectivity index (χ2v) is 6.82. The van der Waals surface area contributed by atoms with Gasteiger partial charge in [0.25, 0.3) is 5.56 Å². The number of fused-ring (bicyclic) bond motifs is 1. The predicted octanol–water partition coefficient (Wildman–Crippen LogP) is 0.190. The van der Waals surface area contributed by atoms with Gasteiger partial charge in [-0.1, -0.05) is 23.4 Å². The molecule has 0 radical (unpaired) electrons. The fourth-order valence-electron chi connectivity index (χ4n) is 2.39. The van der Waals surface area contributed by atoms with Gasteiger partial charge in [0.05, 0.1) is 5.97 Å². The van der Waals surface area contributed by atoms with E-state index < -0.39 is 23.0 Å². The Labute approximate surface area is 156 Å². The van der Waals surface area contributed by atoms with Crippen LogP contribution in [0.25, 0.3) is 22.4 Å². The van der Waals surface area contributed by atoms with Crippen LogP contribution < -0.4 is 16.4 Å². The molecule has 1 aromatic carbocycles. The number of aryl methyl sites for hydroxylation is 1. The van der Waals surface area contributed by atoms with Crippen molar-refractivity contribution in [2.75, 3.05) is 5.75 Å². The number of hydrogen-bond donors (Lipinski definition) is 0. The molecule has 0 aliphatic heterocycles. The first-order valence-corrected chi connectivity index (χ1v) is 8.72. The van der Waals surface area contributed by atoms with Crippen LogP contribution in [-0.4, -0.2) is 30.8 Å². The van der Waals surface area contributed by atoms with E-state index in [9.17, 15) is 19.5 Å². The molecule has 0 unspecified atom stereocenters. The van der Waals surface area contributed by atoms with Crippen molar-refractivity contribution in [1.82, 2.24) is 19.1 Å². The number of carbonyl (C=O) groups is 1. The number of rotatable bonds is 4. The van der Waals surface area contributed by atoms with Crippen LogP contribution in [-0.2, 0) is 18.9 Å². The molecule has 10 heteroatoms. The van der Waals surface area contributed by atoms with Crippen LogP contribution in [0.15, 0.2) is 38.9 Å². The van der Waals surface area contributed by atoms with Gasteiger partial charge in [-0.2, -0.15) is 0 Å². The topological polar surface area (TPSA) is 110 Å². The van der Waals surface area contributed by atoms with Gasteiger partial charge in [0.15, 0.2) is 11.5 Å². The van der Waals surface area contributed by atoms with E-state index >= 15 is 0 Å². The summed E-state index contributed by atoms with van der Waals surface area (Å²) in [7, 11) is 2.82. The average Bonchev–Trinajstić information content (AvgIpc) is 2.62. The van der Waals surface area contributed by atoms with Crippen molar-refractivity contribution < 1.29 is 9.90 Å². The number of carboxylic acids is 1. The zero-order valence-electron chi connectivity index (χ0n) is 13.7. The van der Waals surface area contributed by atoms with E-state index in [1.165, 1.54) is 18.7 Å². The van der Waals surface area contributed by atoms with E-state index in [-0.39, 0.29) is 21.9 Å². The van der Waals surface area contributed by atoms with Crippen molar-refractivity contribution >= 4 is 40.4 Å². The number of aromatic nitrogens is 4. The molecule has 8 nitrogen and oxygen atoms in total. The van der Waals surface area contributed by atoms with Gasteiger partial charge in [-0.15, -0.1) is 0 Å². The normalized spacial score (nSPS) is 11.0. The molecule has 3 rings (SSSR count). The summed E-state index contributed by atoms with van der Waals surface area (Å²) in [5, 5.41) is 11.6. The zero-order chi connectivity index (χ0) is 19.0. The molecule has 0 saturated heterocycles. The number of carbonyl (C=O) groups excluding carboxylic acids is 1. The van der Waals surface area contributed by atoms with Gasteiger partial charge in [0.1, 0.15) is 10.4 Å². The third-order valence-corrected chi connectivity index (χ3v) is 4.90. The smallest absolute Gasteiger partial charge is 0.332 e. The second kappa shape index (κ2) is 6.93. The highest BCUT2D eigenvalue weighted by molar-refractivity contribution is 8.00. The third-order valence-electron chi connectivity index (χ3n) is 3.70. The Morgan fingerprint density at radius 2 is 1.81 bits per heavy atom. The second-order valence-electron chi connectivity index (χ2n) is 5.42. The van der Waals surface area contributed by atoms with Gasteiger partial charge >= 0.3 is 5.69 Å². The Balaban J connectivity index is 2.35. The van der Waals surface area contributed by atoms with Crippen molar-refractivity contribution in [2.24, 2.45) is 14.1 Å². The van der Waals surface area contributed by atoms with Crippen molar-refractivity contribution in [3.63, 3.8) is 0 Å². The molecule has 0 N–H and O–H groups in total. The first-order chi connectivity index (χ1) is 12.3. The molecule has 0 bridgehead atoms. The van der Waals surface area contributed by atoms with Gasteiger partial charge in [-0.3, -0.25) is 13.9 Å². The molecular weight excluding hydrogens is 380 g/mol. The Morgan fingerprint density at radius 3 is 2.42 bits per heavy atom. The number of aliphatic carboxylic acids is 1. The lowest BCUT2D eigenvalue weighted by Gasteiger charge is -2.12. The minimum absolute atomic E-state index is 0.0820. The van der Waals surface area contributed by atoms with E-state index in [4.69, 9.17) is 11.6 Å². The van der Waals surface area contributed by atoms with Gasteiger partial charge in [-0.05, 0) is 24.3 Å². The maximum Gasteiger partial charge on any atom is 0.332 e. The molecule has 0 aliphatic rings. The van der Waals surface area contributed by atoms with Crippen LogP contribution in [0.5, 0.6) is 0 Å². The molecule has 0 aliphatic carbocycles. The summed E-state index contributed by atoms with van der Waals surface area (Å²) in [5.74, 6) is -1.44. The van der Waals surface area contributed by atoms with Crippen molar-refractivity contribution in [3.05, 3.63) is 50.1 Å². The summed E-state index contributed by atoms with van der Waals surface area (Å²) in [6.07, 6.45) is 0. The van der Waals surface area contributed by atoms with Crippen LogP contribution in [0.2, 0.25) is 5.02 Å². The molecule has 0 fully saturated rings.